The van der Waals surface area contributed by atoms with Crippen molar-refractivity contribution in [2.75, 3.05) is 0 Å². The number of nitriles is 1. The van der Waals surface area contributed by atoms with Crippen molar-refractivity contribution in [1.29, 1.82) is 5.26 Å². The average Bonchev–Trinajstić information content (AvgIpc) is 2.38. The quantitative estimate of drug-likeness (QED) is 0.682. The maximum absolute atomic E-state index is 9.00. The number of hydrogen-bond acceptors (Lipinski definition) is 3. The lowest BCUT2D eigenvalue weighted by molar-refractivity contribution is 1.16. The second-order valence-corrected chi connectivity index (χ2v) is 10.1. The van der Waals surface area contributed by atoms with Gasteiger partial charge in [-0.05, 0) is 0 Å². The Hall–Kier alpha value is -0.663. The van der Waals surface area contributed by atoms with Gasteiger partial charge >= 0.3 is 0 Å². The van der Waals surface area contributed by atoms with Crippen molar-refractivity contribution in [3.8, 4) is 6.07 Å². The minimum atomic E-state index is -1.38. The molecule has 0 bridgehead atoms. The molecule has 1 aromatic rings. The topological polar surface area (TPSA) is 36.7 Å². The smallest absolute Gasteiger partial charge is 0.0794 e. The molecule has 1 heterocycles. The van der Waals surface area contributed by atoms with Gasteiger partial charge in [-0.1, -0.05) is 19.6 Å². The molecule has 1 atom stereocenters. The van der Waals surface area contributed by atoms with E-state index >= 15 is 0 Å². The Balaban J connectivity index is 2.94. The Labute approximate surface area is 77.9 Å². The van der Waals surface area contributed by atoms with Gasteiger partial charge in [-0.3, -0.25) is 4.98 Å². The Bertz CT molecular complexity index is 281. The van der Waals surface area contributed by atoms with Gasteiger partial charge < -0.3 is 0 Å². The molecule has 0 saturated carbocycles. The second-order valence-electron chi connectivity index (χ2n) is 3.83. The lowest BCUT2D eigenvalue weighted by Gasteiger charge is -2.20. The third-order valence-electron chi connectivity index (χ3n) is 1.73. The van der Waals surface area contributed by atoms with Crippen LogP contribution in [-0.4, -0.2) is 13.1 Å². The zero-order chi connectivity index (χ0) is 9.19. The predicted molar refractivity (Wildman–Crippen MR) is 53.8 cm³/mol. The van der Waals surface area contributed by atoms with E-state index in [9.17, 15) is 0 Å². The summed E-state index contributed by atoms with van der Waals surface area (Å²) in [6, 6.07) is 2.38. The molecule has 0 saturated heterocycles. The normalized spacial score (nSPS) is 13.8. The Morgan fingerprint density at radius 1 is 1.58 bits per heavy atom. The molecule has 1 aromatic heterocycles. The molecule has 0 aliphatic rings. The maximum atomic E-state index is 9.00. The van der Waals surface area contributed by atoms with E-state index in [1.54, 1.807) is 16.8 Å². The molecule has 0 radical (unpaired) electrons. The molecule has 4 heteroatoms. The van der Waals surface area contributed by atoms with Crippen molar-refractivity contribution >= 4 is 19.4 Å². The molecule has 0 aliphatic carbocycles. The third-order valence-corrected chi connectivity index (χ3v) is 4.95. The van der Waals surface area contributed by atoms with Crippen LogP contribution in [0.4, 0.5) is 0 Å². The van der Waals surface area contributed by atoms with Crippen LogP contribution in [0.2, 0.25) is 19.6 Å². The first kappa shape index (κ1) is 9.43. The molecule has 0 amide bonds. The highest BCUT2D eigenvalue weighted by Gasteiger charge is 2.29. The Morgan fingerprint density at radius 2 is 2.25 bits per heavy atom. The van der Waals surface area contributed by atoms with Gasteiger partial charge in [0, 0.05) is 11.1 Å². The standard InChI is InChI=1S/C8H12N2SSi/c1-12(2,3)8(4-9)7-5-10-6-11-7/h5-6,8H,1-3H3. The highest BCUT2D eigenvalue weighted by Crippen LogP contribution is 2.28. The first-order valence-corrected chi connectivity index (χ1v) is 8.29. The molecule has 0 aliphatic heterocycles. The van der Waals surface area contributed by atoms with Crippen LogP contribution in [0.3, 0.4) is 0 Å². The molecule has 0 N–H and O–H groups in total. The van der Waals surface area contributed by atoms with E-state index in [1.807, 2.05) is 6.20 Å². The molecular weight excluding hydrogens is 184 g/mol. The zero-order valence-electron chi connectivity index (χ0n) is 7.53. The number of rotatable bonds is 2. The number of nitrogens with zero attached hydrogens (tertiary/aromatic N) is 2. The molecule has 1 unspecified atom stereocenters. The fourth-order valence-corrected chi connectivity index (χ4v) is 4.19. The highest BCUT2D eigenvalue weighted by molar-refractivity contribution is 7.10. The molecule has 1 rings (SSSR count). The molecule has 2 nitrogen and oxygen atoms in total. The SMILES string of the molecule is C[Si](C)(C)C(C#N)c1cncs1. The fraction of sp³-hybridized carbons (Fsp3) is 0.500. The monoisotopic (exact) mass is 196 g/mol. The Kier molecular flexibility index (Phi) is 2.65. The van der Waals surface area contributed by atoms with Gasteiger partial charge in [-0.25, -0.2) is 0 Å². The van der Waals surface area contributed by atoms with Crippen molar-refractivity contribution < 1.29 is 0 Å². The first-order chi connectivity index (χ1) is 5.55. The van der Waals surface area contributed by atoms with E-state index in [4.69, 9.17) is 5.26 Å². The van der Waals surface area contributed by atoms with E-state index < -0.39 is 8.07 Å². The van der Waals surface area contributed by atoms with E-state index in [0.29, 0.717) is 0 Å². The van der Waals surface area contributed by atoms with Crippen LogP contribution < -0.4 is 0 Å². The van der Waals surface area contributed by atoms with Crippen molar-refractivity contribution in [1.82, 2.24) is 4.98 Å². The lowest BCUT2D eigenvalue weighted by atomic mass is 10.4. The summed E-state index contributed by atoms with van der Waals surface area (Å²) in [5.74, 6) is 0. The van der Waals surface area contributed by atoms with Crippen molar-refractivity contribution in [3.63, 3.8) is 0 Å². The summed E-state index contributed by atoms with van der Waals surface area (Å²) in [4.78, 5) is 5.12. The summed E-state index contributed by atoms with van der Waals surface area (Å²) in [7, 11) is -1.38. The molecule has 64 valence electrons. The number of thiazole rings is 1. The summed E-state index contributed by atoms with van der Waals surface area (Å²) in [5, 5.41) is 9.00. The van der Waals surface area contributed by atoms with Crippen LogP contribution in [0, 0.1) is 11.3 Å². The van der Waals surface area contributed by atoms with Crippen molar-refractivity contribution in [2.45, 2.75) is 25.2 Å². The fourth-order valence-electron chi connectivity index (χ4n) is 1.05. The highest BCUT2D eigenvalue weighted by atomic mass is 32.1. The van der Waals surface area contributed by atoms with E-state index in [2.05, 4.69) is 30.7 Å². The van der Waals surface area contributed by atoms with Crippen LogP contribution >= 0.6 is 11.3 Å². The summed E-state index contributed by atoms with van der Waals surface area (Å²) < 4.78 is 0. The first-order valence-electron chi connectivity index (χ1n) is 3.83. The van der Waals surface area contributed by atoms with Gasteiger partial charge in [0.2, 0.25) is 0 Å². The summed E-state index contributed by atoms with van der Waals surface area (Å²) >= 11 is 1.58. The molecule has 0 spiro atoms. The van der Waals surface area contributed by atoms with E-state index in [1.165, 1.54) is 0 Å². The maximum Gasteiger partial charge on any atom is 0.0794 e. The summed E-state index contributed by atoms with van der Waals surface area (Å²) in [6.45, 7) is 6.63. The van der Waals surface area contributed by atoms with Gasteiger partial charge in [-0.2, -0.15) is 5.26 Å². The van der Waals surface area contributed by atoms with Crippen molar-refractivity contribution in [2.24, 2.45) is 0 Å². The lowest BCUT2D eigenvalue weighted by Crippen LogP contribution is -2.29. The van der Waals surface area contributed by atoms with Gasteiger partial charge in [0.15, 0.2) is 0 Å². The average molecular weight is 196 g/mol. The van der Waals surface area contributed by atoms with Crippen LogP contribution in [0.25, 0.3) is 0 Å². The molecular formula is C8H12N2SSi. The van der Waals surface area contributed by atoms with E-state index in [-0.39, 0.29) is 5.54 Å². The molecule has 0 aromatic carbocycles. The summed E-state index contributed by atoms with van der Waals surface area (Å²) in [6.07, 6.45) is 1.82. The summed E-state index contributed by atoms with van der Waals surface area (Å²) in [5.41, 5.74) is 1.89. The van der Waals surface area contributed by atoms with Gasteiger partial charge in [0.25, 0.3) is 0 Å². The number of aromatic nitrogens is 1. The predicted octanol–water partition coefficient (Wildman–Crippen LogP) is 2.63. The zero-order valence-corrected chi connectivity index (χ0v) is 9.35. The molecule has 12 heavy (non-hydrogen) atoms. The van der Waals surface area contributed by atoms with Crippen molar-refractivity contribution in [3.05, 3.63) is 16.6 Å². The van der Waals surface area contributed by atoms with Crippen LogP contribution in [0.15, 0.2) is 11.7 Å². The van der Waals surface area contributed by atoms with Crippen LogP contribution in [0.5, 0.6) is 0 Å². The van der Waals surface area contributed by atoms with Gasteiger partial charge in [-0.15, -0.1) is 11.3 Å². The largest absolute Gasteiger partial charge is 0.253 e. The van der Waals surface area contributed by atoms with E-state index in [0.717, 1.165) is 4.88 Å². The van der Waals surface area contributed by atoms with Crippen LogP contribution in [-0.2, 0) is 0 Å². The molecule has 0 fully saturated rings. The Morgan fingerprint density at radius 3 is 2.58 bits per heavy atom. The minimum absolute atomic E-state index is 0.102. The third kappa shape index (κ3) is 1.93. The second kappa shape index (κ2) is 3.38. The van der Waals surface area contributed by atoms with Crippen LogP contribution in [0.1, 0.15) is 10.4 Å². The minimum Gasteiger partial charge on any atom is -0.253 e. The van der Waals surface area contributed by atoms with Gasteiger partial charge in [0.05, 0.1) is 25.2 Å². The van der Waals surface area contributed by atoms with Gasteiger partial charge in [0.1, 0.15) is 0 Å². The number of hydrogen-bond donors (Lipinski definition) is 0.